The van der Waals surface area contributed by atoms with Crippen molar-refractivity contribution < 1.29 is 27.5 Å². The first-order chi connectivity index (χ1) is 14.7. The molecule has 0 saturated carbocycles. The molecular weight excluding hydrogens is 444 g/mol. The lowest BCUT2D eigenvalue weighted by atomic mass is 10.1. The Hall–Kier alpha value is -2.78. The van der Waals surface area contributed by atoms with Crippen molar-refractivity contribution in [2.75, 3.05) is 19.8 Å². The quantitative estimate of drug-likeness (QED) is 0.729. The number of hydrogen-bond donors (Lipinski definition) is 1. The second-order valence-electron chi connectivity index (χ2n) is 7.52. The van der Waals surface area contributed by atoms with Crippen LogP contribution in [-0.4, -0.2) is 50.3 Å². The number of rotatable bonds is 5. The van der Waals surface area contributed by atoms with Crippen LogP contribution in [0.3, 0.4) is 0 Å². The zero-order valence-corrected chi connectivity index (χ0v) is 18.5. The molecule has 2 aromatic rings. The molecule has 0 fully saturated rings. The van der Waals surface area contributed by atoms with Gasteiger partial charge in [-0.25, -0.2) is 12.7 Å². The Morgan fingerprint density at radius 3 is 2.68 bits per heavy atom. The summed E-state index contributed by atoms with van der Waals surface area (Å²) in [5.41, 5.74) is 1.11. The van der Waals surface area contributed by atoms with E-state index < -0.39 is 27.9 Å². The molecule has 0 saturated heterocycles. The smallest absolute Gasteiger partial charge is 0.269 e. The molecule has 0 radical (unpaired) electrons. The molecule has 164 valence electrons. The summed E-state index contributed by atoms with van der Waals surface area (Å²) in [6.07, 6.45) is 0.491. The molecule has 10 heteroatoms. The predicted octanol–water partition coefficient (Wildman–Crippen LogP) is 2.64. The third kappa shape index (κ3) is 3.83. The van der Waals surface area contributed by atoms with Gasteiger partial charge < -0.3 is 14.8 Å². The fourth-order valence-corrected chi connectivity index (χ4v) is 5.71. The highest BCUT2D eigenvalue weighted by Crippen LogP contribution is 2.38. The number of halogens is 1. The Morgan fingerprint density at radius 2 is 1.94 bits per heavy atom. The van der Waals surface area contributed by atoms with Crippen molar-refractivity contribution in [1.82, 2.24) is 9.62 Å². The van der Waals surface area contributed by atoms with Crippen molar-refractivity contribution in [3.05, 3.63) is 52.0 Å². The summed E-state index contributed by atoms with van der Waals surface area (Å²) in [4.78, 5) is 24.8. The van der Waals surface area contributed by atoms with E-state index in [1.165, 1.54) is 18.2 Å². The molecule has 1 N–H and O–H groups in total. The summed E-state index contributed by atoms with van der Waals surface area (Å²) >= 11 is 6.23. The van der Waals surface area contributed by atoms with Gasteiger partial charge in [-0.15, -0.1) is 0 Å². The van der Waals surface area contributed by atoms with Crippen LogP contribution in [0.25, 0.3) is 0 Å². The molecule has 4 rings (SSSR count). The number of nitrogens with zero attached hydrogens (tertiary/aromatic N) is 1. The molecule has 8 nitrogen and oxygen atoms in total. The third-order valence-electron chi connectivity index (χ3n) is 5.04. The molecule has 0 bridgehead atoms. The van der Waals surface area contributed by atoms with E-state index in [-0.39, 0.29) is 16.0 Å². The van der Waals surface area contributed by atoms with Crippen LogP contribution in [0.4, 0.5) is 0 Å². The highest BCUT2D eigenvalue weighted by Gasteiger charge is 2.42. The van der Waals surface area contributed by atoms with Crippen LogP contribution >= 0.6 is 11.6 Å². The number of benzene rings is 2. The zero-order chi connectivity index (χ0) is 22.3. The number of amides is 2. The molecular formula is C21H21ClN2O6S. The maximum Gasteiger partial charge on any atom is 0.269 e. The number of fused-ring (bicyclic) bond motifs is 2. The van der Waals surface area contributed by atoms with E-state index in [4.69, 9.17) is 21.1 Å². The molecule has 2 aliphatic rings. The Kier molecular flexibility index (Phi) is 5.57. The van der Waals surface area contributed by atoms with Crippen LogP contribution < -0.4 is 14.8 Å². The second kappa shape index (κ2) is 8.05. The largest absolute Gasteiger partial charge is 0.486 e. The third-order valence-corrected chi connectivity index (χ3v) is 7.32. The van der Waals surface area contributed by atoms with Gasteiger partial charge in [-0.1, -0.05) is 11.6 Å². The van der Waals surface area contributed by atoms with Gasteiger partial charge in [0.25, 0.3) is 21.8 Å². The van der Waals surface area contributed by atoms with E-state index >= 15 is 0 Å². The summed E-state index contributed by atoms with van der Waals surface area (Å²) < 4.78 is 37.3. The predicted molar refractivity (Wildman–Crippen MR) is 113 cm³/mol. The van der Waals surface area contributed by atoms with Crippen molar-refractivity contribution in [1.29, 1.82) is 0 Å². The summed E-state index contributed by atoms with van der Waals surface area (Å²) in [6.45, 7) is 4.44. The first-order valence-electron chi connectivity index (χ1n) is 9.79. The molecule has 2 aliphatic heterocycles. The number of carbonyl (C=O) groups excluding carboxylic acids is 2. The topological polar surface area (TPSA) is 102 Å². The van der Waals surface area contributed by atoms with E-state index in [1.807, 2.05) is 6.07 Å². The first-order valence-corrected chi connectivity index (χ1v) is 11.6. The van der Waals surface area contributed by atoms with Crippen LogP contribution in [0.5, 0.6) is 11.5 Å². The first kappa shape index (κ1) is 21.5. The molecule has 0 aromatic heterocycles. The molecule has 0 aliphatic carbocycles. The van der Waals surface area contributed by atoms with E-state index in [9.17, 15) is 18.0 Å². The van der Waals surface area contributed by atoms with Gasteiger partial charge in [-0.3, -0.25) is 9.59 Å². The van der Waals surface area contributed by atoms with Gasteiger partial charge in [-0.05, 0) is 56.2 Å². The Balaban J connectivity index is 1.46. The Morgan fingerprint density at radius 1 is 1.19 bits per heavy atom. The normalized spacial score (nSPS) is 16.4. The molecule has 2 heterocycles. The second-order valence-corrected chi connectivity index (χ2v) is 9.71. The van der Waals surface area contributed by atoms with Crippen molar-refractivity contribution in [3.8, 4) is 11.5 Å². The fourth-order valence-electron chi connectivity index (χ4n) is 3.63. The lowest BCUT2D eigenvalue weighted by Crippen LogP contribution is -2.36. The highest BCUT2D eigenvalue weighted by molar-refractivity contribution is 7.90. The van der Waals surface area contributed by atoms with Gasteiger partial charge >= 0.3 is 0 Å². The summed E-state index contributed by atoms with van der Waals surface area (Å²) in [7, 11) is -3.96. The zero-order valence-electron chi connectivity index (χ0n) is 17.0. The average Bonchev–Trinajstić information content (AvgIpc) is 2.93. The molecule has 0 spiro atoms. The molecule has 31 heavy (non-hydrogen) atoms. The number of carbonyl (C=O) groups is 2. The molecule has 2 amide bonds. The summed E-state index contributed by atoms with van der Waals surface area (Å²) in [5.74, 6) is 0.0813. The minimum Gasteiger partial charge on any atom is -0.486 e. The monoisotopic (exact) mass is 464 g/mol. The van der Waals surface area contributed by atoms with Gasteiger partial charge in [0.2, 0.25) is 0 Å². The molecule has 0 atom stereocenters. The van der Waals surface area contributed by atoms with E-state index in [0.29, 0.717) is 42.7 Å². The van der Waals surface area contributed by atoms with Gasteiger partial charge in [0.05, 0.1) is 10.6 Å². The number of sulfonamides is 1. The minimum absolute atomic E-state index is 0.0798. The van der Waals surface area contributed by atoms with Gasteiger partial charge in [0.1, 0.15) is 18.1 Å². The van der Waals surface area contributed by atoms with Crippen molar-refractivity contribution in [2.45, 2.75) is 31.2 Å². The minimum atomic E-state index is -3.96. The van der Waals surface area contributed by atoms with Gasteiger partial charge in [0, 0.05) is 18.2 Å². The molecule has 2 aromatic carbocycles. The SMILES string of the molecule is CC(C)N1C(=O)c2ccc(C(=O)NCCc3cc(Cl)c4c(c3)OCCO4)cc2S1(=O)=O. The van der Waals surface area contributed by atoms with Crippen LogP contribution in [0.2, 0.25) is 5.02 Å². The van der Waals surface area contributed by atoms with Crippen LogP contribution in [0.1, 0.15) is 40.1 Å². The molecule has 0 unspecified atom stereocenters. The number of nitrogens with one attached hydrogen (secondary N) is 1. The van der Waals surface area contributed by atoms with Gasteiger partial charge in [-0.2, -0.15) is 0 Å². The number of hydrogen-bond acceptors (Lipinski definition) is 6. The van der Waals surface area contributed by atoms with Gasteiger partial charge in [0.15, 0.2) is 11.5 Å². The Bertz CT molecular complexity index is 1180. The van der Waals surface area contributed by atoms with E-state index in [1.54, 1.807) is 19.9 Å². The maximum atomic E-state index is 12.7. The van der Waals surface area contributed by atoms with Crippen LogP contribution in [0, 0.1) is 0 Å². The average molecular weight is 465 g/mol. The van der Waals surface area contributed by atoms with Crippen molar-refractivity contribution >= 4 is 33.4 Å². The lowest BCUT2D eigenvalue weighted by Gasteiger charge is -2.20. The van der Waals surface area contributed by atoms with Crippen LogP contribution in [-0.2, 0) is 16.4 Å². The fraction of sp³-hybridized carbons (Fsp3) is 0.333. The maximum absolute atomic E-state index is 12.7. The highest BCUT2D eigenvalue weighted by atomic mass is 35.5. The van der Waals surface area contributed by atoms with E-state index in [2.05, 4.69) is 5.32 Å². The van der Waals surface area contributed by atoms with Crippen molar-refractivity contribution in [2.24, 2.45) is 0 Å². The Labute approximate surface area is 185 Å². The lowest BCUT2D eigenvalue weighted by molar-refractivity contribution is 0.0845. The summed E-state index contributed by atoms with van der Waals surface area (Å²) in [5, 5.41) is 3.21. The van der Waals surface area contributed by atoms with Crippen LogP contribution in [0.15, 0.2) is 35.2 Å². The van der Waals surface area contributed by atoms with E-state index in [0.717, 1.165) is 9.87 Å². The summed E-state index contributed by atoms with van der Waals surface area (Å²) in [6, 6.07) is 7.15. The van der Waals surface area contributed by atoms with Crippen molar-refractivity contribution in [3.63, 3.8) is 0 Å². The number of ether oxygens (including phenoxy) is 2. The standard InChI is InChI=1S/C21H21ClN2O6S/c1-12(2)24-21(26)15-4-3-14(11-18(15)31(24,27)28)20(25)23-6-5-13-9-16(22)19-17(10-13)29-7-8-30-19/h3-4,9-12H,5-8H2,1-2H3,(H,23,25).